The van der Waals surface area contributed by atoms with Gasteiger partial charge in [0.05, 0.1) is 13.0 Å². The number of rotatable bonds is 5. The molecule has 0 bridgehead atoms. The Kier molecular flexibility index (Phi) is 4.84. The molecular formula is C11H17N3O4S. The number of hydrogen-bond acceptors (Lipinski definition) is 6. The molecule has 0 aliphatic heterocycles. The molecule has 0 saturated heterocycles. The van der Waals surface area contributed by atoms with Gasteiger partial charge in [-0.05, 0) is 12.1 Å². The zero-order valence-corrected chi connectivity index (χ0v) is 11.8. The predicted molar refractivity (Wildman–Crippen MR) is 70.1 cm³/mol. The van der Waals surface area contributed by atoms with E-state index in [9.17, 15) is 13.2 Å². The van der Waals surface area contributed by atoms with Crippen molar-refractivity contribution in [1.82, 2.24) is 4.98 Å². The van der Waals surface area contributed by atoms with Crippen LogP contribution in [0.4, 0.5) is 5.82 Å². The van der Waals surface area contributed by atoms with Crippen LogP contribution in [0.3, 0.4) is 0 Å². The van der Waals surface area contributed by atoms with Crippen LogP contribution in [-0.4, -0.2) is 40.1 Å². The Morgan fingerprint density at radius 1 is 1.53 bits per heavy atom. The number of carbonyl (C=O) groups is 1. The van der Waals surface area contributed by atoms with Gasteiger partial charge in [0.15, 0.2) is 0 Å². The molecule has 2 N–H and O–H groups in total. The molecule has 8 heteroatoms. The van der Waals surface area contributed by atoms with Crippen molar-refractivity contribution in [2.24, 2.45) is 11.1 Å². The van der Waals surface area contributed by atoms with Gasteiger partial charge >= 0.3 is 5.97 Å². The van der Waals surface area contributed by atoms with Crippen LogP contribution in [0.25, 0.3) is 0 Å². The van der Waals surface area contributed by atoms with Crippen molar-refractivity contribution in [3.8, 4) is 0 Å². The van der Waals surface area contributed by atoms with Crippen molar-refractivity contribution < 1.29 is 17.9 Å². The summed E-state index contributed by atoms with van der Waals surface area (Å²) in [5, 5.41) is 4.98. The quantitative estimate of drug-likeness (QED) is 0.763. The molecule has 7 nitrogen and oxygen atoms in total. The van der Waals surface area contributed by atoms with E-state index in [-0.39, 0.29) is 16.8 Å². The largest absolute Gasteiger partial charge is 0.469 e. The molecule has 0 aromatic carbocycles. The van der Waals surface area contributed by atoms with Crippen molar-refractivity contribution in [3.05, 3.63) is 18.3 Å². The fourth-order valence-electron chi connectivity index (χ4n) is 1.55. The standard InChI is InChI=1S/C11H17N3O4S/c1-8(11(15)18-3)7-14(2)10-5-4-9(6-13-10)19(12,16)17/h4-6,8H,7H2,1-3H3,(H2,12,16,17). The van der Waals surface area contributed by atoms with Crippen LogP contribution >= 0.6 is 0 Å². The van der Waals surface area contributed by atoms with E-state index >= 15 is 0 Å². The van der Waals surface area contributed by atoms with Crippen molar-refractivity contribution >= 4 is 21.8 Å². The van der Waals surface area contributed by atoms with Crippen LogP contribution in [0.1, 0.15) is 6.92 Å². The summed E-state index contributed by atoms with van der Waals surface area (Å²) in [5.74, 6) is -0.0779. The first kappa shape index (κ1) is 15.4. The maximum atomic E-state index is 11.3. The van der Waals surface area contributed by atoms with E-state index in [0.717, 1.165) is 0 Å². The van der Waals surface area contributed by atoms with Crippen molar-refractivity contribution in [2.75, 3.05) is 25.6 Å². The van der Waals surface area contributed by atoms with Crippen LogP contribution in [0, 0.1) is 5.92 Å². The number of ether oxygens (including phenoxy) is 1. The lowest BCUT2D eigenvalue weighted by Gasteiger charge is -2.21. The molecule has 1 aromatic rings. The molecule has 1 heterocycles. The van der Waals surface area contributed by atoms with E-state index in [1.807, 2.05) is 0 Å². The number of pyridine rings is 1. The molecule has 0 spiro atoms. The molecule has 1 rings (SSSR count). The minimum atomic E-state index is -3.74. The van der Waals surface area contributed by atoms with Gasteiger partial charge in [-0.3, -0.25) is 4.79 Å². The van der Waals surface area contributed by atoms with Gasteiger partial charge in [-0.2, -0.15) is 0 Å². The summed E-state index contributed by atoms with van der Waals surface area (Å²) in [5.41, 5.74) is 0. The number of esters is 1. The summed E-state index contributed by atoms with van der Waals surface area (Å²) in [4.78, 5) is 17.0. The van der Waals surface area contributed by atoms with Gasteiger partial charge in [0, 0.05) is 19.8 Å². The molecule has 1 aromatic heterocycles. The van der Waals surface area contributed by atoms with Gasteiger partial charge in [-0.1, -0.05) is 6.92 Å². The van der Waals surface area contributed by atoms with Crippen molar-refractivity contribution in [2.45, 2.75) is 11.8 Å². The van der Waals surface area contributed by atoms with Gasteiger partial charge < -0.3 is 9.64 Å². The van der Waals surface area contributed by atoms with E-state index < -0.39 is 10.0 Å². The van der Waals surface area contributed by atoms with Crippen LogP contribution in [0.15, 0.2) is 23.2 Å². The molecule has 0 amide bonds. The maximum absolute atomic E-state index is 11.3. The molecule has 106 valence electrons. The topological polar surface area (TPSA) is 103 Å². The van der Waals surface area contributed by atoms with Crippen molar-refractivity contribution in [3.63, 3.8) is 0 Å². The Morgan fingerprint density at radius 3 is 2.58 bits per heavy atom. The van der Waals surface area contributed by atoms with Gasteiger partial charge in [-0.15, -0.1) is 0 Å². The molecule has 0 aliphatic carbocycles. The molecule has 1 atom stereocenters. The number of aromatic nitrogens is 1. The summed E-state index contributed by atoms with van der Waals surface area (Å²) >= 11 is 0. The van der Waals surface area contributed by atoms with E-state index in [4.69, 9.17) is 5.14 Å². The number of primary sulfonamides is 1. The third-order valence-corrected chi connectivity index (χ3v) is 3.49. The van der Waals surface area contributed by atoms with Crippen molar-refractivity contribution in [1.29, 1.82) is 0 Å². The second-order valence-electron chi connectivity index (χ2n) is 4.20. The molecule has 19 heavy (non-hydrogen) atoms. The summed E-state index contributed by atoms with van der Waals surface area (Å²) in [7, 11) is -0.661. The first-order chi connectivity index (χ1) is 8.75. The zero-order chi connectivity index (χ0) is 14.6. The normalized spacial score (nSPS) is 12.8. The number of nitrogens with two attached hydrogens (primary N) is 1. The fourth-order valence-corrected chi connectivity index (χ4v) is 2.00. The van der Waals surface area contributed by atoms with E-state index in [0.29, 0.717) is 12.4 Å². The second-order valence-corrected chi connectivity index (χ2v) is 5.76. The van der Waals surface area contributed by atoms with Gasteiger partial charge in [0.2, 0.25) is 10.0 Å². The first-order valence-corrected chi connectivity index (χ1v) is 7.08. The SMILES string of the molecule is COC(=O)C(C)CN(C)c1ccc(S(N)(=O)=O)cn1. The number of carbonyl (C=O) groups excluding carboxylic acids is 1. The monoisotopic (exact) mass is 287 g/mol. The Hall–Kier alpha value is -1.67. The number of sulfonamides is 1. The maximum Gasteiger partial charge on any atom is 0.310 e. The summed E-state index contributed by atoms with van der Waals surface area (Å²) in [6.07, 6.45) is 1.18. The minimum Gasteiger partial charge on any atom is -0.469 e. The lowest BCUT2D eigenvalue weighted by atomic mass is 10.2. The highest BCUT2D eigenvalue weighted by Gasteiger charge is 2.16. The number of nitrogens with zero attached hydrogens (tertiary/aromatic N) is 2. The predicted octanol–water partition coefficient (Wildman–Crippen LogP) is -0.0257. The second kappa shape index (κ2) is 5.98. The molecule has 1 unspecified atom stereocenters. The molecule has 0 fully saturated rings. The lowest BCUT2D eigenvalue weighted by Crippen LogP contribution is -2.29. The van der Waals surface area contributed by atoms with Crippen LogP contribution in [0.5, 0.6) is 0 Å². The third-order valence-electron chi connectivity index (χ3n) is 2.59. The summed E-state index contributed by atoms with van der Waals surface area (Å²) in [6.45, 7) is 2.15. The van der Waals surface area contributed by atoms with Gasteiger partial charge in [0.25, 0.3) is 0 Å². The Bertz CT molecular complexity index is 542. The fraction of sp³-hybridized carbons (Fsp3) is 0.455. The molecule has 0 radical (unpaired) electrons. The third kappa shape index (κ3) is 4.18. The summed E-state index contributed by atoms with van der Waals surface area (Å²) < 4.78 is 26.8. The highest BCUT2D eigenvalue weighted by Crippen LogP contribution is 2.14. The van der Waals surface area contributed by atoms with Gasteiger partial charge in [0.1, 0.15) is 10.7 Å². The van der Waals surface area contributed by atoms with Crippen LogP contribution < -0.4 is 10.0 Å². The zero-order valence-electron chi connectivity index (χ0n) is 11.0. The van der Waals surface area contributed by atoms with Crippen LogP contribution in [0.2, 0.25) is 0 Å². The lowest BCUT2D eigenvalue weighted by molar-refractivity contribution is -0.144. The minimum absolute atomic E-state index is 0.0503. The highest BCUT2D eigenvalue weighted by atomic mass is 32.2. The molecule has 0 aliphatic rings. The Labute approximate surface area is 112 Å². The Balaban J connectivity index is 2.79. The Morgan fingerprint density at radius 2 is 2.16 bits per heavy atom. The summed E-state index contributed by atoms with van der Waals surface area (Å²) in [6, 6.07) is 2.90. The van der Waals surface area contributed by atoms with Crippen LogP contribution in [-0.2, 0) is 19.6 Å². The van der Waals surface area contributed by atoms with E-state index in [1.54, 1.807) is 18.9 Å². The number of methoxy groups -OCH3 is 1. The van der Waals surface area contributed by atoms with E-state index in [1.165, 1.54) is 25.4 Å². The average Bonchev–Trinajstić information content (AvgIpc) is 2.36. The van der Waals surface area contributed by atoms with E-state index in [2.05, 4.69) is 9.72 Å². The van der Waals surface area contributed by atoms with Gasteiger partial charge in [-0.25, -0.2) is 18.5 Å². The molecular weight excluding hydrogens is 270 g/mol. The number of anilines is 1. The smallest absolute Gasteiger partial charge is 0.310 e. The first-order valence-electron chi connectivity index (χ1n) is 5.53. The molecule has 0 saturated carbocycles. The average molecular weight is 287 g/mol. The highest BCUT2D eigenvalue weighted by molar-refractivity contribution is 7.89. The number of hydrogen-bond donors (Lipinski definition) is 1.